The van der Waals surface area contributed by atoms with Crippen molar-refractivity contribution in [3.05, 3.63) is 36.0 Å². The van der Waals surface area contributed by atoms with Crippen molar-refractivity contribution in [2.24, 2.45) is 5.73 Å². The quantitative estimate of drug-likeness (QED) is 0.854. The molecule has 1 atom stereocenters. The number of aromatic nitrogens is 1. The number of aromatic amines is 1. The highest BCUT2D eigenvalue weighted by Crippen LogP contribution is 2.19. The van der Waals surface area contributed by atoms with Crippen LogP contribution in [0, 0.1) is 0 Å². The van der Waals surface area contributed by atoms with Crippen molar-refractivity contribution in [3.63, 3.8) is 0 Å². The van der Waals surface area contributed by atoms with Crippen LogP contribution in [0.5, 0.6) is 0 Å². The lowest BCUT2D eigenvalue weighted by Gasteiger charge is -2.20. The standard InChI is InChI=1S/C15H21N3OS/c1-18(7-8-20-2)15(19)13(16)9-11-10-17-14-6-4-3-5-12(11)14/h3-6,10,13,17H,7-9,16H2,1-2H3/t13-/m0/s1. The number of nitrogens with two attached hydrogens (primary N) is 1. The van der Waals surface area contributed by atoms with Crippen LogP contribution in [-0.2, 0) is 11.2 Å². The number of thioether (sulfide) groups is 1. The maximum Gasteiger partial charge on any atom is 0.239 e. The normalized spacial score (nSPS) is 12.6. The first-order chi connectivity index (χ1) is 9.63. The number of benzene rings is 1. The van der Waals surface area contributed by atoms with E-state index in [9.17, 15) is 4.79 Å². The van der Waals surface area contributed by atoms with E-state index in [0.717, 1.165) is 28.8 Å². The monoisotopic (exact) mass is 291 g/mol. The molecule has 108 valence electrons. The SMILES string of the molecule is CSCCN(C)C(=O)[C@@H](N)Cc1c[nH]c2ccccc12. The molecule has 0 saturated carbocycles. The van der Waals surface area contributed by atoms with Crippen molar-refractivity contribution in [1.82, 2.24) is 9.88 Å². The molecule has 0 radical (unpaired) electrons. The van der Waals surface area contributed by atoms with Gasteiger partial charge in [-0.1, -0.05) is 18.2 Å². The zero-order valence-corrected chi connectivity index (χ0v) is 12.7. The van der Waals surface area contributed by atoms with E-state index in [-0.39, 0.29) is 5.91 Å². The number of amides is 1. The van der Waals surface area contributed by atoms with Crippen LogP contribution in [0.2, 0.25) is 0 Å². The summed E-state index contributed by atoms with van der Waals surface area (Å²) in [6, 6.07) is 7.58. The van der Waals surface area contributed by atoms with Gasteiger partial charge in [0.1, 0.15) is 0 Å². The summed E-state index contributed by atoms with van der Waals surface area (Å²) in [5.74, 6) is 0.937. The molecule has 2 aromatic rings. The first-order valence-electron chi connectivity index (χ1n) is 6.68. The lowest BCUT2D eigenvalue weighted by atomic mass is 10.0. The van der Waals surface area contributed by atoms with Crippen molar-refractivity contribution in [2.45, 2.75) is 12.5 Å². The summed E-state index contributed by atoms with van der Waals surface area (Å²) in [7, 11) is 1.81. The Balaban J connectivity index is 2.03. The lowest BCUT2D eigenvalue weighted by Crippen LogP contribution is -2.43. The maximum absolute atomic E-state index is 12.2. The number of para-hydroxylation sites is 1. The molecule has 0 aliphatic rings. The number of fused-ring (bicyclic) bond motifs is 1. The van der Waals surface area contributed by atoms with Crippen LogP contribution in [0.4, 0.5) is 0 Å². The summed E-state index contributed by atoms with van der Waals surface area (Å²) in [6.45, 7) is 0.738. The number of hydrogen-bond acceptors (Lipinski definition) is 3. The molecular weight excluding hydrogens is 270 g/mol. The summed E-state index contributed by atoms with van der Waals surface area (Å²) in [5.41, 5.74) is 8.24. The second kappa shape index (κ2) is 6.81. The van der Waals surface area contributed by atoms with E-state index >= 15 is 0 Å². The molecule has 3 N–H and O–H groups in total. The van der Waals surface area contributed by atoms with Crippen LogP contribution < -0.4 is 5.73 Å². The van der Waals surface area contributed by atoms with Gasteiger partial charge in [0.25, 0.3) is 0 Å². The van der Waals surface area contributed by atoms with E-state index in [4.69, 9.17) is 5.73 Å². The molecule has 1 aromatic carbocycles. The van der Waals surface area contributed by atoms with Crippen molar-refractivity contribution in [2.75, 3.05) is 25.6 Å². The van der Waals surface area contributed by atoms with Crippen LogP contribution in [0.3, 0.4) is 0 Å². The fourth-order valence-corrected chi connectivity index (χ4v) is 2.70. The second-order valence-electron chi connectivity index (χ2n) is 4.92. The summed E-state index contributed by atoms with van der Waals surface area (Å²) in [5, 5.41) is 1.14. The Hall–Kier alpha value is -1.46. The highest BCUT2D eigenvalue weighted by atomic mass is 32.2. The van der Waals surface area contributed by atoms with Gasteiger partial charge in [-0.2, -0.15) is 11.8 Å². The van der Waals surface area contributed by atoms with Crippen LogP contribution in [0.1, 0.15) is 5.56 Å². The van der Waals surface area contributed by atoms with Crippen molar-refractivity contribution in [1.29, 1.82) is 0 Å². The van der Waals surface area contributed by atoms with Crippen molar-refractivity contribution < 1.29 is 4.79 Å². The smallest absolute Gasteiger partial charge is 0.239 e. The van der Waals surface area contributed by atoms with E-state index in [2.05, 4.69) is 11.1 Å². The molecule has 0 aliphatic carbocycles. The Morgan fingerprint density at radius 1 is 1.45 bits per heavy atom. The maximum atomic E-state index is 12.2. The molecular formula is C15H21N3OS. The molecule has 20 heavy (non-hydrogen) atoms. The van der Waals surface area contributed by atoms with Gasteiger partial charge in [0.15, 0.2) is 0 Å². The van der Waals surface area contributed by atoms with Crippen LogP contribution in [-0.4, -0.2) is 47.4 Å². The lowest BCUT2D eigenvalue weighted by molar-refractivity contribution is -0.131. The molecule has 0 fully saturated rings. The molecule has 1 heterocycles. The van der Waals surface area contributed by atoms with Gasteiger partial charge in [-0.25, -0.2) is 0 Å². The molecule has 0 saturated heterocycles. The number of nitrogens with one attached hydrogen (secondary N) is 1. The average Bonchev–Trinajstić information content (AvgIpc) is 2.87. The van der Waals surface area contributed by atoms with Gasteiger partial charge < -0.3 is 15.6 Å². The third-order valence-electron chi connectivity index (χ3n) is 3.44. The zero-order chi connectivity index (χ0) is 14.5. The molecule has 1 aromatic heterocycles. The number of nitrogens with zero attached hydrogens (tertiary/aromatic N) is 1. The van der Waals surface area contributed by atoms with Gasteiger partial charge in [0.05, 0.1) is 6.04 Å². The van der Waals surface area contributed by atoms with Gasteiger partial charge in [-0.15, -0.1) is 0 Å². The highest BCUT2D eigenvalue weighted by molar-refractivity contribution is 7.98. The first-order valence-corrected chi connectivity index (χ1v) is 8.07. The fourth-order valence-electron chi connectivity index (χ4n) is 2.25. The molecule has 0 bridgehead atoms. The van der Waals surface area contributed by atoms with E-state index in [1.807, 2.05) is 37.7 Å². The van der Waals surface area contributed by atoms with E-state index in [0.29, 0.717) is 6.42 Å². The highest BCUT2D eigenvalue weighted by Gasteiger charge is 2.19. The predicted octanol–water partition coefficient (Wildman–Crippen LogP) is 1.86. The molecule has 5 heteroatoms. The minimum Gasteiger partial charge on any atom is -0.361 e. The predicted molar refractivity (Wildman–Crippen MR) is 86.0 cm³/mol. The topological polar surface area (TPSA) is 62.1 Å². The largest absolute Gasteiger partial charge is 0.361 e. The van der Waals surface area contributed by atoms with Gasteiger partial charge in [0, 0.05) is 36.4 Å². The van der Waals surface area contributed by atoms with Crippen LogP contribution in [0.15, 0.2) is 30.5 Å². The van der Waals surface area contributed by atoms with Gasteiger partial charge in [-0.3, -0.25) is 4.79 Å². The molecule has 1 amide bonds. The van der Waals surface area contributed by atoms with E-state index < -0.39 is 6.04 Å². The van der Waals surface area contributed by atoms with Crippen molar-refractivity contribution in [3.8, 4) is 0 Å². The molecule has 0 spiro atoms. The second-order valence-corrected chi connectivity index (χ2v) is 5.91. The summed E-state index contributed by atoms with van der Waals surface area (Å²) in [4.78, 5) is 17.1. The number of carbonyl (C=O) groups is 1. The van der Waals surface area contributed by atoms with Gasteiger partial charge >= 0.3 is 0 Å². The number of carbonyl (C=O) groups excluding carboxylic acids is 1. The van der Waals surface area contributed by atoms with Crippen LogP contribution in [0.25, 0.3) is 10.9 Å². The number of H-pyrrole nitrogens is 1. The number of rotatable bonds is 6. The Morgan fingerprint density at radius 3 is 2.95 bits per heavy atom. The molecule has 4 nitrogen and oxygen atoms in total. The zero-order valence-electron chi connectivity index (χ0n) is 11.9. The Labute approximate surface area is 123 Å². The third kappa shape index (κ3) is 3.35. The summed E-state index contributed by atoms with van der Waals surface area (Å²) >= 11 is 1.73. The Kier molecular flexibility index (Phi) is 5.09. The fraction of sp³-hybridized carbons (Fsp3) is 0.400. The first kappa shape index (κ1) is 14.9. The average molecular weight is 291 g/mol. The minimum absolute atomic E-state index is 0.00401. The van der Waals surface area contributed by atoms with E-state index in [1.54, 1.807) is 16.7 Å². The number of hydrogen-bond donors (Lipinski definition) is 2. The summed E-state index contributed by atoms with van der Waals surface area (Å²) < 4.78 is 0. The van der Waals surface area contributed by atoms with Gasteiger partial charge in [-0.05, 0) is 24.3 Å². The molecule has 0 aliphatic heterocycles. The molecule has 2 rings (SSSR count). The van der Waals surface area contributed by atoms with E-state index in [1.165, 1.54) is 0 Å². The summed E-state index contributed by atoms with van der Waals surface area (Å²) in [6.07, 6.45) is 4.54. The number of likely N-dealkylation sites (N-methyl/N-ethyl adjacent to an activating group) is 1. The van der Waals surface area contributed by atoms with Crippen LogP contribution >= 0.6 is 11.8 Å². The van der Waals surface area contributed by atoms with Crippen molar-refractivity contribution >= 4 is 28.6 Å². The Morgan fingerprint density at radius 2 is 2.20 bits per heavy atom. The van der Waals surface area contributed by atoms with Gasteiger partial charge in [0.2, 0.25) is 5.91 Å². The minimum atomic E-state index is -0.485. The molecule has 0 unspecified atom stereocenters. The Bertz CT molecular complexity index is 581. The third-order valence-corrected chi connectivity index (χ3v) is 4.03.